The highest BCUT2D eigenvalue weighted by atomic mass is 19.1. The lowest BCUT2D eigenvalue weighted by molar-refractivity contribution is -0.134. The molecule has 134 valence electrons. The zero-order valence-electron chi connectivity index (χ0n) is 14.4. The van der Waals surface area contributed by atoms with E-state index in [0.29, 0.717) is 5.92 Å². The van der Waals surface area contributed by atoms with Crippen molar-refractivity contribution in [3.8, 4) is 0 Å². The van der Waals surface area contributed by atoms with E-state index in [0.717, 1.165) is 44.2 Å². The van der Waals surface area contributed by atoms with Crippen LogP contribution in [0.2, 0.25) is 0 Å². The van der Waals surface area contributed by atoms with E-state index in [2.05, 4.69) is 10.6 Å². The van der Waals surface area contributed by atoms with Crippen LogP contribution in [-0.2, 0) is 9.59 Å². The Morgan fingerprint density at radius 2 is 1.80 bits per heavy atom. The first-order valence-electron chi connectivity index (χ1n) is 9.43. The standard InChI is InChI=1S/C20H25FN2O2/c21-15-7-5-14(6-8-15)16-11-17(16)18(24)23-20(9-1-2-10-20)19(25)22-12-13-3-4-13/h5-8,13,16-17H,1-4,9-12H2,(H,22,25)(H,23,24)/t16-,17-/m1/s1. The number of carbonyl (C=O) groups excluding carboxylic acids is 2. The summed E-state index contributed by atoms with van der Waals surface area (Å²) in [6, 6.07) is 6.38. The van der Waals surface area contributed by atoms with Crippen molar-refractivity contribution in [3.63, 3.8) is 0 Å². The van der Waals surface area contributed by atoms with Crippen molar-refractivity contribution in [2.24, 2.45) is 11.8 Å². The molecule has 3 fully saturated rings. The highest BCUT2D eigenvalue weighted by Crippen LogP contribution is 2.48. The van der Waals surface area contributed by atoms with E-state index >= 15 is 0 Å². The Bertz CT molecular complexity index is 663. The molecule has 2 amide bonds. The Morgan fingerprint density at radius 1 is 1.12 bits per heavy atom. The minimum atomic E-state index is -0.720. The number of benzene rings is 1. The van der Waals surface area contributed by atoms with Gasteiger partial charge in [-0.3, -0.25) is 9.59 Å². The SMILES string of the molecule is O=C(NC1(C(=O)NCC2CC2)CCCC1)[C@@H]1C[C@@H]1c1ccc(F)cc1. The minimum absolute atomic E-state index is 0.00997. The van der Waals surface area contributed by atoms with Crippen LogP contribution in [0.15, 0.2) is 24.3 Å². The monoisotopic (exact) mass is 344 g/mol. The fraction of sp³-hybridized carbons (Fsp3) is 0.600. The van der Waals surface area contributed by atoms with Crippen molar-refractivity contribution in [2.75, 3.05) is 6.54 Å². The predicted molar refractivity (Wildman–Crippen MR) is 92.3 cm³/mol. The number of halogens is 1. The molecule has 5 heteroatoms. The van der Waals surface area contributed by atoms with Gasteiger partial charge in [-0.1, -0.05) is 25.0 Å². The third kappa shape index (κ3) is 3.55. The second-order valence-electron chi connectivity index (χ2n) is 7.93. The molecule has 3 aliphatic rings. The van der Waals surface area contributed by atoms with E-state index in [4.69, 9.17) is 0 Å². The Balaban J connectivity index is 1.38. The topological polar surface area (TPSA) is 58.2 Å². The quantitative estimate of drug-likeness (QED) is 0.834. The molecule has 0 heterocycles. The fourth-order valence-electron chi connectivity index (χ4n) is 4.01. The first-order valence-corrected chi connectivity index (χ1v) is 9.43. The smallest absolute Gasteiger partial charge is 0.245 e. The number of hydrogen-bond acceptors (Lipinski definition) is 2. The molecule has 4 rings (SSSR count). The van der Waals surface area contributed by atoms with Crippen molar-refractivity contribution in [2.45, 2.75) is 56.4 Å². The van der Waals surface area contributed by atoms with Crippen molar-refractivity contribution in [1.82, 2.24) is 10.6 Å². The Morgan fingerprint density at radius 3 is 2.44 bits per heavy atom. The van der Waals surface area contributed by atoms with Crippen molar-refractivity contribution in [3.05, 3.63) is 35.6 Å². The van der Waals surface area contributed by atoms with Gasteiger partial charge in [0, 0.05) is 12.5 Å². The van der Waals surface area contributed by atoms with Crippen molar-refractivity contribution >= 4 is 11.8 Å². The van der Waals surface area contributed by atoms with Gasteiger partial charge in [0.2, 0.25) is 11.8 Å². The van der Waals surface area contributed by atoms with Gasteiger partial charge in [0.05, 0.1) is 0 Å². The van der Waals surface area contributed by atoms with Crippen LogP contribution in [0.5, 0.6) is 0 Å². The third-order valence-electron chi connectivity index (χ3n) is 5.93. The van der Waals surface area contributed by atoms with Gasteiger partial charge >= 0.3 is 0 Å². The van der Waals surface area contributed by atoms with E-state index in [1.54, 1.807) is 12.1 Å². The molecule has 0 unspecified atom stereocenters. The third-order valence-corrected chi connectivity index (χ3v) is 5.93. The summed E-state index contributed by atoms with van der Waals surface area (Å²) in [6.45, 7) is 0.734. The molecule has 3 saturated carbocycles. The van der Waals surface area contributed by atoms with E-state index in [1.807, 2.05) is 0 Å². The van der Waals surface area contributed by atoms with Gasteiger partial charge in [0.15, 0.2) is 0 Å². The Hall–Kier alpha value is -1.91. The van der Waals surface area contributed by atoms with Gasteiger partial charge in [-0.15, -0.1) is 0 Å². The van der Waals surface area contributed by atoms with Crippen LogP contribution in [-0.4, -0.2) is 23.9 Å². The number of amides is 2. The maximum absolute atomic E-state index is 13.0. The van der Waals surface area contributed by atoms with Crippen LogP contribution in [0.4, 0.5) is 4.39 Å². The van der Waals surface area contributed by atoms with Gasteiger partial charge < -0.3 is 10.6 Å². The lowest BCUT2D eigenvalue weighted by Crippen LogP contribution is -2.57. The molecule has 25 heavy (non-hydrogen) atoms. The predicted octanol–water partition coefficient (Wildman–Crippen LogP) is 2.88. The summed E-state index contributed by atoms with van der Waals surface area (Å²) in [5.74, 6) is 0.377. The summed E-state index contributed by atoms with van der Waals surface area (Å²) < 4.78 is 13.0. The van der Waals surface area contributed by atoms with Crippen LogP contribution < -0.4 is 10.6 Å². The minimum Gasteiger partial charge on any atom is -0.354 e. The van der Waals surface area contributed by atoms with Crippen molar-refractivity contribution in [1.29, 1.82) is 0 Å². The fourth-order valence-corrected chi connectivity index (χ4v) is 4.01. The summed E-state index contributed by atoms with van der Waals surface area (Å²) in [7, 11) is 0. The molecule has 1 aromatic carbocycles. The first kappa shape index (κ1) is 16.6. The molecule has 0 aromatic heterocycles. The number of hydrogen-bond donors (Lipinski definition) is 2. The highest BCUT2D eigenvalue weighted by molar-refractivity contribution is 5.93. The molecule has 0 saturated heterocycles. The molecule has 0 radical (unpaired) electrons. The molecular formula is C20H25FN2O2. The van der Waals surface area contributed by atoms with Gasteiger partial charge in [-0.25, -0.2) is 4.39 Å². The second kappa shape index (κ2) is 6.43. The van der Waals surface area contributed by atoms with Crippen LogP contribution in [0.25, 0.3) is 0 Å². The average molecular weight is 344 g/mol. The van der Waals surface area contributed by atoms with Crippen LogP contribution in [0.3, 0.4) is 0 Å². The molecule has 0 bridgehead atoms. The molecule has 3 aliphatic carbocycles. The number of nitrogens with one attached hydrogen (secondary N) is 2. The van der Waals surface area contributed by atoms with Crippen molar-refractivity contribution < 1.29 is 14.0 Å². The maximum Gasteiger partial charge on any atom is 0.245 e. The van der Waals surface area contributed by atoms with Gasteiger partial charge in [0.1, 0.15) is 11.4 Å². The average Bonchev–Trinajstić information content (AvgIpc) is 3.52. The maximum atomic E-state index is 13.0. The normalized spacial score (nSPS) is 26.9. The van der Waals surface area contributed by atoms with E-state index in [1.165, 1.54) is 25.0 Å². The van der Waals surface area contributed by atoms with Crippen LogP contribution in [0.1, 0.15) is 56.4 Å². The largest absolute Gasteiger partial charge is 0.354 e. The first-order chi connectivity index (χ1) is 12.1. The summed E-state index contributed by atoms with van der Waals surface area (Å²) in [6.07, 6.45) is 6.57. The van der Waals surface area contributed by atoms with Gasteiger partial charge in [-0.2, -0.15) is 0 Å². The van der Waals surface area contributed by atoms with Gasteiger partial charge in [0.25, 0.3) is 0 Å². The molecule has 2 atom stereocenters. The second-order valence-corrected chi connectivity index (χ2v) is 7.93. The molecule has 0 aliphatic heterocycles. The zero-order chi connectivity index (χ0) is 17.4. The number of carbonyl (C=O) groups is 2. The van der Waals surface area contributed by atoms with Crippen LogP contribution >= 0.6 is 0 Å². The lowest BCUT2D eigenvalue weighted by Gasteiger charge is -2.29. The summed E-state index contributed by atoms with van der Waals surface area (Å²) in [5.41, 5.74) is 0.280. The summed E-state index contributed by atoms with van der Waals surface area (Å²) in [5, 5.41) is 6.13. The molecule has 1 aromatic rings. The Kier molecular flexibility index (Phi) is 4.26. The zero-order valence-corrected chi connectivity index (χ0v) is 14.4. The van der Waals surface area contributed by atoms with E-state index < -0.39 is 5.54 Å². The van der Waals surface area contributed by atoms with Gasteiger partial charge in [-0.05, 0) is 61.6 Å². The summed E-state index contributed by atoms with van der Waals surface area (Å²) in [4.78, 5) is 25.4. The molecule has 4 nitrogen and oxygen atoms in total. The van der Waals surface area contributed by atoms with Crippen LogP contribution in [0, 0.1) is 17.7 Å². The number of rotatable bonds is 6. The molecule has 2 N–H and O–H groups in total. The summed E-state index contributed by atoms with van der Waals surface area (Å²) >= 11 is 0. The molecular weight excluding hydrogens is 319 g/mol. The van der Waals surface area contributed by atoms with E-state index in [9.17, 15) is 14.0 Å². The Labute approximate surface area is 147 Å². The highest BCUT2D eigenvalue weighted by Gasteiger charge is 2.49. The molecule has 0 spiro atoms. The van der Waals surface area contributed by atoms with E-state index in [-0.39, 0.29) is 29.5 Å². The lowest BCUT2D eigenvalue weighted by atomic mass is 9.95.